The monoisotopic (exact) mass is 893 g/mol. The molecule has 60 heavy (non-hydrogen) atoms. The lowest BCUT2D eigenvalue weighted by Gasteiger charge is -2.21. The molecule has 0 amide bonds. The molecule has 1 aromatic rings. The largest absolute Gasteiger partial charge is 0.481 e. The lowest BCUT2D eigenvalue weighted by Crippen LogP contribution is -2.36. The van der Waals surface area contributed by atoms with Crippen LogP contribution in [0, 0.1) is 0 Å². The molecule has 2 unspecified atom stereocenters. The van der Waals surface area contributed by atoms with Crippen molar-refractivity contribution in [2.24, 2.45) is 0 Å². The minimum atomic E-state index is -5.42. The summed E-state index contributed by atoms with van der Waals surface area (Å²) in [6.45, 7) is 2.03. The third-order valence-electron chi connectivity index (χ3n) is 9.51. The number of nitrogens with two attached hydrogens (primary N) is 1. The van der Waals surface area contributed by atoms with E-state index < -0.39 is 83.7 Å². The Hall–Kier alpha value is -2.76. The van der Waals surface area contributed by atoms with Crippen LogP contribution >= 0.6 is 15.6 Å². The fourth-order valence-corrected chi connectivity index (χ4v) is 8.23. The molecule has 18 nitrogen and oxygen atoms in total. The Morgan fingerprint density at radius 1 is 0.783 bits per heavy atom. The molecule has 1 aliphatic rings. The highest BCUT2D eigenvalue weighted by Crippen LogP contribution is 2.60. The van der Waals surface area contributed by atoms with Gasteiger partial charge in [0.1, 0.15) is 30.7 Å². The number of aliphatic hydroxyl groups excluding tert-OH is 2. The van der Waals surface area contributed by atoms with Crippen molar-refractivity contribution in [1.29, 1.82) is 0 Å². The summed E-state index contributed by atoms with van der Waals surface area (Å²) in [5.74, 6) is -1.34. The molecule has 2 rings (SSSR count). The van der Waals surface area contributed by atoms with Crippen LogP contribution in [-0.4, -0.2) is 85.7 Å². The zero-order chi connectivity index (χ0) is 44.2. The fraction of sp³-hybridized carbons (Fsp3) is 0.750. The molecule has 1 saturated heterocycles. The highest BCUT2D eigenvalue weighted by molar-refractivity contribution is 7.61. The number of anilines is 1. The van der Waals surface area contributed by atoms with Crippen molar-refractivity contribution < 1.29 is 66.3 Å². The second kappa shape index (κ2) is 30.3. The summed E-state index contributed by atoms with van der Waals surface area (Å²) in [5, 5.41) is 20.8. The van der Waals surface area contributed by atoms with Crippen molar-refractivity contribution in [1.82, 2.24) is 9.55 Å². The molecule has 6 N–H and O–H groups in total. The average Bonchev–Trinajstić information content (AvgIpc) is 3.47. The van der Waals surface area contributed by atoms with Gasteiger partial charge in [-0.15, -0.1) is 0 Å². The molecule has 0 aromatic carbocycles. The SMILES string of the molecule is CCCCCC/C=C\CCCCCC(=O)OC[C@H](COP(=O)(O)OP(=O)(O)OC[C@H]1O[C@@H](n2ccc(N)nc2=O)[C@H](O)[C@@H]1O)OC(=O)CCCCC/C=C\CCCCCC. The van der Waals surface area contributed by atoms with Crippen LogP contribution in [0.25, 0.3) is 0 Å². The number of phosphoric ester groups is 2. The van der Waals surface area contributed by atoms with Crippen molar-refractivity contribution in [3.05, 3.63) is 47.1 Å². The van der Waals surface area contributed by atoms with E-state index in [0.29, 0.717) is 12.8 Å². The average molecular weight is 894 g/mol. The van der Waals surface area contributed by atoms with Crippen LogP contribution in [0.5, 0.6) is 0 Å². The highest BCUT2D eigenvalue weighted by atomic mass is 31.3. The molecule has 0 bridgehead atoms. The number of esters is 2. The van der Waals surface area contributed by atoms with E-state index in [1.165, 1.54) is 57.4 Å². The first-order valence-corrected chi connectivity index (χ1v) is 24.3. The topological polar surface area (TPSA) is 265 Å². The van der Waals surface area contributed by atoms with Gasteiger partial charge in [0.2, 0.25) is 0 Å². The molecule has 344 valence electrons. The Morgan fingerprint density at radius 2 is 1.30 bits per heavy atom. The maximum absolute atomic E-state index is 12.7. The van der Waals surface area contributed by atoms with E-state index in [4.69, 9.17) is 29.0 Å². The number of aromatic nitrogens is 2. The molecular weight excluding hydrogens is 824 g/mol. The predicted octanol–water partition coefficient (Wildman–Crippen LogP) is 7.10. The second-order valence-corrected chi connectivity index (χ2v) is 17.9. The number of unbranched alkanes of at least 4 members (excludes halogenated alkanes) is 14. The van der Waals surface area contributed by atoms with Gasteiger partial charge in [0.25, 0.3) is 0 Å². The number of hydrogen-bond acceptors (Lipinski definition) is 15. The molecule has 0 aliphatic carbocycles. The van der Waals surface area contributed by atoms with Gasteiger partial charge in [-0.1, -0.05) is 89.5 Å². The number of hydrogen-bond donors (Lipinski definition) is 5. The summed E-state index contributed by atoms with van der Waals surface area (Å²) in [7, 11) is -10.8. The Morgan fingerprint density at radius 3 is 1.83 bits per heavy atom. The van der Waals surface area contributed by atoms with E-state index in [2.05, 4.69) is 47.4 Å². The fourth-order valence-electron chi connectivity index (χ4n) is 6.12. The lowest BCUT2D eigenvalue weighted by molar-refractivity contribution is -0.161. The summed E-state index contributed by atoms with van der Waals surface area (Å²) in [6, 6.07) is 1.24. The number of phosphoric acid groups is 2. The number of allylic oxidation sites excluding steroid dienone is 4. The third-order valence-corrected chi connectivity index (χ3v) is 12.1. The van der Waals surface area contributed by atoms with E-state index >= 15 is 0 Å². The summed E-state index contributed by atoms with van der Waals surface area (Å²) < 4.78 is 56.4. The zero-order valence-corrected chi connectivity index (χ0v) is 37.0. The maximum atomic E-state index is 12.7. The van der Waals surface area contributed by atoms with Gasteiger partial charge in [-0.2, -0.15) is 9.29 Å². The highest BCUT2D eigenvalue weighted by Gasteiger charge is 2.46. The standard InChI is InChI=1S/C40H69N3O15P2/c1-3-5-7-9-11-13-15-17-19-21-23-25-35(44)53-29-32(56-36(45)26-24-22-20-18-16-14-12-10-8-6-4-2)30-54-59(49,50)58-60(51,52)55-31-33-37(46)38(47)39(57-33)43-28-27-34(41)42-40(43)48/h13-16,27-28,32-33,37-39,46-47H,3-12,17-26,29-31H2,1-2H3,(H,49,50)(H,51,52)(H2,41,42,48)/b15-13-,16-14-/t32-,33-,37-,38-,39-/m1/s1. The van der Waals surface area contributed by atoms with E-state index in [0.717, 1.165) is 62.1 Å². The number of carbonyl (C=O) groups is 2. The first-order chi connectivity index (χ1) is 28.7. The molecule has 1 aromatic heterocycles. The maximum Gasteiger partial charge on any atom is 0.481 e. The molecule has 0 saturated carbocycles. The summed E-state index contributed by atoms with van der Waals surface area (Å²) in [5.41, 5.74) is 4.57. The third kappa shape index (κ3) is 23.5. The Bertz CT molecular complexity index is 1590. The molecule has 20 heteroatoms. The van der Waals surface area contributed by atoms with Crippen LogP contribution < -0.4 is 11.4 Å². The quantitative estimate of drug-likeness (QED) is 0.0200. The smallest absolute Gasteiger partial charge is 0.462 e. The minimum Gasteiger partial charge on any atom is -0.462 e. The first kappa shape index (κ1) is 53.4. The van der Waals surface area contributed by atoms with E-state index in [1.807, 2.05) is 0 Å². The van der Waals surface area contributed by atoms with Crippen LogP contribution in [0.1, 0.15) is 148 Å². The minimum absolute atomic E-state index is 0.0272. The number of nitrogen functional groups attached to an aromatic ring is 1. The molecule has 2 heterocycles. The summed E-state index contributed by atoms with van der Waals surface area (Å²) in [4.78, 5) is 61.4. The van der Waals surface area contributed by atoms with Crippen molar-refractivity contribution in [2.45, 2.75) is 173 Å². The van der Waals surface area contributed by atoms with Crippen molar-refractivity contribution in [3.63, 3.8) is 0 Å². The molecule has 1 aliphatic heterocycles. The van der Waals surface area contributed by atoms with E-state index in [1.54, 1.807) is 0 Å². The van der Waals surface area contributed by atoms with Gasteiger partial charge in [-0.3, -0.25) is 23.2 Å². The number of carbonyl (C=O) groups excluding carboxylic acids is 2. The van der Waals surface area contributed by atoms with Crippen molar-refractivity contribution in [3.8, 4) is 0 Å². The predicted molar refractivity (Wildman–Crippen MR) is 224 cm³/mol. The van der Waals surface area contributed by atoms with Crippen LogP contribution in [0.3, 0.4) is 0 Å². The summed E-state index contributed by atoms with van der Waals surface area (Å²) >= 11 is 0. The second-order valence-electron chi connectivity index (χ2n) is 14.8. The van der Waals surface area contributed by atoms with Gasteiger partial charge in [0.15, 0.2) is 12.3 Å². The van der Waals surface area contributed by atoms with Gasteiger partial charge >= 0.3 is 33.3 Å². The van der Waals surface area contributed by atoms with Gasteiger partial charge in [0, 0.05) is 19.0 Å². The first-order valence-electron chi connectivity index (χ1n) is 21.3. The number of ether oxygens (including phenoxy) is 3. The Balaban J connectivity index is 1.87. The Kier molecular flexibility index (Phi) is 27.0. The molecule has 1 fully saturated rings. The van der Waals surface area contributed by atoms with Gasteiger partial charge in [0.05, 0.1) is 13.2 Å². The van der Waals surface area contributed by atoms with Gasteiger partial charge < -0.3 is 39.9 Å². The van der Waals surface area contributed by atoms with Gasteiger partial charge in [-0.05, 0) is 70.3 Å². The molecule has 7 atom stereocenters. The molecular formula is C40H69N3O15P2. The van der Waals surface area contributed by atoms with Crippen LogP contribution in [-0.2, 0) is 46.3 Å². The van der Waals surface area contributed by atoms with Crippen LogP contribution in [0.4, 0.5) is 5.82 Å². The lowest BCUT2D eigenvalue weighted by atomic mass is 10.1. The zero-order valence-electron chi connectivity index (χ0n) is 35.3. The van der Waals surface area contributed by atoms with Crippen molar-refractivity contribution in [2.75, 3.05) is 25.6 Å². The molecule has 0 radical (unpaired) electrons. The Labute approximate surface area is 354 Å². The number of aliphatic hydroxyl groups is 2. The van der Waals surface area contributed by atoms with E-state index in [-0.39, 0.29) is 18.7 Å². The van der Waals surface area contributed by atoms with Gasteiger partial charge in [-0.25, -0.2) is 13.9 Å². The molecule has 0 spiro atoms. The number of rotatable bonds is 34. The van der Waals surface area contributed by atoms with Crippen LogP contribution in [0.2, 0.25) is 0 Å². The van der Waals surface area contributed by atoms with Crippen molar-refractivity contribution >= 4 is 33.4 Å². The van der Waals surface area contributed by atoms with E-state index in [9.17, 15) is 43.5 Å². The number of nitrogens with zero attached hydrogens (tertiary/aromatic N) is 2. The summed E-state index contributed by atoms with van der Waals surface area (Å²) in [6.07, 6.45) is 20.2. The normalized spacial score (nSPS) is 20.6. The van der Waals surface area contributed by atoms with Crippen LogP contribution in [0.15, 0.2) is 41.4 Å².